The third-order valence-electron chi connectivity index (χ3n) is 3.93. The highest BCUT2D eigenvalue weighted by Crippen LogP contribution is 2.16. The second kappa shape index (κ2) is 9.31. The summed E-state index contributed by atoms with van der Waals surface area (Å²) in [5.74, 6) is -1.93. The summed E-state index contributed by atoms with van der Waals surface area (Å²) in [7, 11) is 1.46. The topological polar surface area (TPSA) is 138 Å². The summed E-state index contributed by atoms with van der Waals surface area (Å²) in [5.41, 5.74) is 5.69. The van der Waals surface area contributed by atoms with Crippen molar-refractivity contribution in [2.45, 2.75) is 13.0 Å². The van der Waals surface area contributed by atoms with E-state index in [0.717, 1.165) is 11.6 Å². The van der Waals surface area contributed by atoms with Gasteiger partial charge in [0.05, 0.1) is 11.1 Å². The van der Waals surface area contributed by atoms with Gasteiger partial charge in [-0.25, -0.2) is 4.79 Å². The van der Waals surface area contributed by atoms with Crippen molar-refractivity contribution in [3.05, 3.63) is 64.0 Å². The molecule has 2 aromatic rings. The van der Waals surface area contributed by atoms with Crippen molar-refractivity contribution in [1.82, 2.24) is 9.47 Å². The summed E-state index contributed by atoms with van der Waals surface area (Å²) >= 11 is 0. The molecule has 1 aromatic carbocycles. The average Bonchev–Trinajstić information content (AvgIpc) is 3.05. The molecule has 0 unspecified atom stereocenters. The molecule has 0 aliphatic heterocycles. The van der Waals surface area contributed by atoms with Gasteiger partial charge < -0.3 is 19.9 Å². The molecule has 1 aromatic heterocycles. The standard InChI is InChI=1S/C18H20N4O6/c1-20-11-14(22(26)27)9-15(20)18(25)28-12-17(24)21(8-7-16(19)23)10-13-5-3-2-4-6-13/h2-6,9,11H,7-8,10,12H2,1H3,(H2,19,23). The minimum Gasteiger partial charge on any atom is -0.451 e. The molecule has 148 valence electrons. The van der Waals surface area contributed by atoms with Crippen LogP contribution in [0.25, 0.3) is 0 Å². The molecule has 0 atom stereocenters. The van der Waals surface area contributed by atoms with Crippen LogP contribution in [0, 0.1) is 10.1 Å². The molecular formula is C18H20N4O6. The first-order chi connectivity index (χ1) is 13.3. The van der Waals surface area contributed by atoms with Crippen molar-refractivity contribution < 1.29 is 24.0 Å². The van der Waals surface area contributed by atoms with Gasteiger partial charge in [-0.1, -0.05) is 30.3 Å². The summed E-state index contributed by atoms with van der Waals surface area (Å²) in [4.78, 5) is 47.2. The van der Waals surface area contributed by atoms with Gasteiger partial charge >= 0.3 is 5.97 Å². The minimum atomic E-state index is -0.862. The average molecular weight is 388 g/mol. The number of carbonyl (C=O) groups excluding carboxylic acids is 3. The molecule has 0 bridgehead atoms. The van der Waals surface area contributed by atoms with E-state index in [9.17, 15) is 24.5 Å². The lowest BCUT2D eigenvalue weighted by Crippen LogP contribution is -2.36. The number of aromatic nitrogens is 1. The molecular weight excluding hydrogens is 368 g/mol. The maximum atomic E-state index is 12.5. The first-order valence-electron chi connectivity index (χ1n) is 8.36. The van der Waals surface area contributed by atoms with Crippen LogP contribution in [0.15, 0.2) is 42.6 Å². The number of benzene rings is 1. The highest BCUT2D eigenvalue weighted by Gasteiger charge is 2.21. The van der Waals surface area contributed by atoms with Gasteiger partial charge in [0.15, 0.2) is 6.61 Å². The van der Waals surface area contributed by atoms with Gasteiger partial charge in [0.25, 0.3) is 11.6 Å². The molecule has 1 heterocycles. The highest BCUT2D eigenvalue weighted by molar-refractivity contribution is 5.90. The van der Waals surface area contributed by atoms with Crippen LogP contribution >= 0.6 is 0 Å². The van der Waals surface area contributed by atoms with Gasteiger partial charge in [0.1, 0.15) is 5.69 Å². The van der Waals surface area contributed by atoms with Gasteiger partial charge in [0, 0.05) is 32.6 Å². The Bertz CT molecular complexity index is 877. The Morgan fingerprint density at radius 1 is 1.25 bits per heavy atom. The molecule has 10 heteroatoms. The summed E-state index contributed by atoms with van der Waals surface area (Å²) in [5, 5.41) is 10.8. The number of amides is 2. The lowest BCUT2D eigenvalue weighted by Gasteiger charge is -2.22. The van der Waals surface area contributed by atoms with Gasteiger partial charge in [0.2, 0.25) is 5.91 Å². The van der Waals surface area contributed by atoms with E-state index >= 15 is 0 Å². The first-order valence-corrected chi connectivity index (χ1v) is 8.36. The zero-order chi connectivity index (χ0) is 20.7. The van der Waals surface area contributed by atoms with E-state index in [-0.39, 0.29) is 30.9 Å². The number of carbonyl (C=O) groups is 3. The van der Waals surface area contributed by atoms with Crippen molar-refractivity contribution >= 4 is 23.5 Å². The number of rotatable bonds is 9. The van der Waals surface area contributed by atoms with E-state index in [4.69, 9.17) is 10.5 Å². The SMILES string of the molecule is Cn1cc([N+](=O)[O-])cc1C(=O)OCC(=O)N(CCC(N)=O)Cc1ccccc1. The van der Waals surface area contributed by atoms with Crippen LogP contribution in [-0.2, 0) is 27.9 Å². The van der Waals surface area contributed by atoms with Gasteiger partial charge in [-0.3, -0.25) is 19.7 Å². The third-order valence-corrected chi connectivity index (χ3v) is 3.93. The van der Waals surface area contributed by atoms with Crippen molar-refractivity contribution in [2.24, 2.45) is 12.8 Å². The Hall–Kier alpha value is -3.69. The quantitative estimate of drug-likeness (QED) is 0.386. The molecule has 0 saturated heterocycles. The molecule has 2 rings (SSSR count). The number of nitro groups is 1. The van der Waals surface area contributed by atoms with Crippen molar-refractivity contribution in [1.29, 1.82) is 0 Å². The zero-order valence-electron chi connectivity index (χ0n) is 15.2. The fourth-order valence-corrected chi connectivity index (χ4v) is 2.48. The zero-order valence-corrected chi connectivity index (χ0v) is 15.2. The monoisotopic (exact) mass is 388 g/mol. The summed E-state index contributed by atoms with van der Waals surface area (Å²) in [6.07, 6.45) is 1.14. The number of aryl methyl sites for hydroxylation is 1. The summed E-state index contributed by atoms with van der Waals surface area (Å²) in [6, 6.07) is 10.2. The molecule has 28 heavy (non-hydrogen) atoms. The number of esters is 1. The van der Waals surface area contributed by atoms with Gasteiger partial charge in [-0.15, -0.1) is 0 Å². The largest absolute Gasteiger partial charge is 0.451 e. The molecule has 0 aliphatic carbocycles. The lowest BCUT2D eigenvalue weighted by molar-refractivity contribution is -0.384. The molecule has 0 spiro atoms. The first kappa shape index (κ1) is 20.6. The van der Waals surface area contributed by atoms with Crippen LogP contribution in [0.1, 0.15) is 22.5 Å². The Morgan fingerprint density at radius 2 is 1.93 bits per heavy atom. The molecule has 10 nitrogen and oxygen atoms in total. The lowest BCUT2D eigenvalue weighted by atomic mass is 10.2. The Balaban J connectivity index is 2.02. The van der Waals surface area contributed by atoms with Gasteiger partial charge in [-0.2, -0.15) is 0 Å². The Morgan fingerprint density at radius 3 is 2.50 bits per heavy atom. The van der Waals surface area contributed by atoms with Crippen LogP contribution in [-0.4, -0.2) is 45.3 Å². The predicted molar refractivity (Wildman–Crippen MR) is 98.0 cm³/mol. The minimum absolute atomic E-state index is 0.0312. The molecule has 2 amide bonds. The van der Waals surface area contributed by atoms with E-state index in [2.05, 4.69) is 0 Å². The van der Waals surface area contributed by atoms with Gasteiger partial charge in [-0.05, 0) is 5.56 Å². The Labute approximate surface area is 160 Å². The van der Waals surface area contributed by atoms with E-state index < -0.39 is 29.3 Å². The van der Waals surface area contributed by atoms with Crippen molar-refractivity contribution in [3.8, 4) is 0 Å². The molecule has 2 N–H and O–H groups in total. The second-order valence-corrected chi connectivity index (χ2v) is 6.04. The molecule has 0 fully saturated rings. The normalized spacial score (nSPS) is 10.3. The van der Waals surface area contributed by atoms with Crippen molar-refractivity contribution in [3.63, 3.8) is 0 Å². The predicted octanol–water partition coefficient (Wildman–Crippen LogP) is 0.994. The fraction of sp³-hybridized carbons (Fsp3) is 0.278. The third kappa shape index (κ3) is 5.66. The van der Waals surface area contributed by atoms with Crippen LogP contribution < -0.4 is 5.73 Å². The smallest absolute Gasteiger partial charge is 0.355 e. The van der Waals surface area contributed by atoms with Crippen LogP contribution in [0.2, 0.25) is 0 Å². The fourth-order valence-electron chi connectivity index (χ4n) is 2.48. The van der Waals surface area contributed by atoms with E-state index in [0.29, 0.717) is 0 Å². The maximum Gasteiger partial charge on any atom is 0.355 e. The number of ether oxygens (including phenoxy) is 1. The van der Waals surface area contributed by atoms with Crippen LogP contribution in [0.5, 0.6) is 0 Å². The molecule has 0 saturated carbocycles. The van der Waals surface area contributed by atoms with Crippen molar-refractivity contribution in [2.75, 3.05) is 13.2 Å². The Kier molecular flexibility index (Phi) is 6.85. The second-order valence-electron chi connectivity index (χ2n) is 6.04. The maximum absolute atomic E-state index is 12.5. The number of nitrogens with two attached hydrogens (primary N) is 1. The van der Waals surface area contributed by atoms with E-state index in [1.807, 2.05) is 30.3 Å². The number of hydrogen-bond donors (Lipinski definition) is 1. The molecule has 0 radical (unpaired) electrons. The number of primary amides is 1. The van der Waals surface area contributed by atoms with E-state index in [1.165, 1.54) is 22.7 Å². The molecule has 0 aliphatic rings. The number of hydrogen-bond acceptors (Lipinski definition) is 6. The van der Waals surface area contributed by atoms with Crippen LogP contribution in [0.3, 0.4) is 0 Å². The van der Waals surface area contributed by atoms with Crippen LogP contribution in [0.4, 0.5) is 5.69 Å². The highest BCUT2D eigenvalue weighted by atomic mass is 16.6. The summed E-state index contributed by atoms with van der Waals surface area (Å²) < 4.78 is 6.25. The number of nitrogens with zero attached hydrogens (tertiary/aromatic N) is 3. The summed E-state index contributed by atoms with van der Waals surface area (Å²) in [6.45, 7) is -0.264. The van der Waals surface area contributed by atoms with E-state index in [1.54, 1.807) is 0 Å².